The Hall–Kier alpha value is -2.90. The summed E-state index contributed by atoms with van der Waals surface area (Å²) in [6.45, 7) is 5.45. The summed E-state index contributed by atoms with van der Waals surface area (Å²) in [5.74, 6) is 3.09. The number of anilines is 1. The summed E-state index contributed by atoms with van der Waals surface area (Å²) < 4.78 is 5.56. The molecule has 2 aliphatic heterocycles. The highest BCUT2D eigenvalue weighted by Gasteiger charge is 2.52. The number of fused-ring (bicyclic) bond motifs is 1. The van der Waals surface area contributed by atoms with Crippen LogP contribution >= 0.6 is 0 Å². The van der Waals surface area contributed by atoms with Gasteiger partial charge >= 0.3 is 0 Å². The number of hydrogen-bond donors (Lipinski definition) is 1. The number of carbonyl (C=O) groups is 1. The monoisotopic (exact) mass is 420 g/mol. The zero-order chi connectivity index (χ0) is 21.0. The van der Waals surface area contributed by atoms with Crippen LogP contribution in [0.5, 0.6) is 0 Å². The Balaban J connectivity index is 1.24. The molecule has 31 heavy (non-hydrogen) atoms. The first-order valence-corrected chi connectivity index (χ1v) is 11.5. The maximum Gasteiger partial charge on any atom is 0.227 e. The van der Waals surface area contributed by atoms with Crippen molar-refractivity contribution in [2.75, 3.05) is 31.1 Å². The van der Waals surface area contributed by atoms with Gasteiger partial charge in [-0.2, -0.15) is 0 Å². The molecule has 162 valence electrons. The van der Waals surface area contributed by atoms with Crippen LogP contribution in [0.3, 0.4) is 0 Å². The predicted octanol–water partition coefficient (Wildman–Crippen LogP) is 3.17. The standard InChI is InChI=1S/C23H28N6O2/c1-15-13-18(31-27-15)23(8-9-23)22-24-17-6-7-19(25-20(17)26-22)29-12-4-5-16(14-29)21(30)28-10-2-3-11-28/h6-7,13,16H,2-5,8-12,14H2,1H3,(H,24,25,26). The fraction of sp³-hybridized carbons (Fsp3) is 0.565. The van der Waals surface area contributed by atoms with E-state index in [1.165, 1.54) is 0 Å². The first-order valence-electron chi connectivity index (χ1n) is 11.5. The van der Waals surface area contributed by atoms with Crippen LogP contribution < -0.4 is 4.90 Å². The number of piperidine rings is 1. The number of nitrogens with zero attached hydrogens (tertiary/aromatic N) is 5. The lowest BCUT2D eigenvalue weighted by Crippen LogP contribution is -2.44. The van der Waals surface area contributed by atoms with E-state index in [0.717, 1.165) is 99.0 Å². The molecule has 0 bridgehead atoms. The van der Waals surface area contributed by atoms with Crippen molar-refractivity contribution in [1.82, 2.24) is 25.0 Å². The van der Waals surface area contributed by atoms with Gasteiger partial charge in [0.2, 0.25) is 5.91 Å². The first-order chi connectivity index (χ1) is 15.1. The minimum atomic E-state index is -0.194. The largest absolute Gasteiger partial charge is 0.360 e. The fourth-order valence-electron chi connectivity index (χ4n) is 5.18. The molecular formula is C23H28N6O2. The molecule has 5 heterocycles. The van der Waals surface area contributed by atoms with Crippen LogP contribution in [0.25, 0.3) is 11.2 Å². The van der Waals surface area contributed by atoms with Gasteiger partial charge in [-0.15, -0.1) is 0 Å². The van der Waals surface area contributed by atoms with Crippen molar-refractivity contribution < 1.29 is 9.32 Å². The number of likely N-dealkylation sites (tertiary alicyclic amines) is 1. The van der Waals surface area contributed by atoms with Crippen LogP contribution in [0.4, 0.5) is 5.82 Å². The molecule has 1 atom stereocenters. The smallest absolute Gasteiger partial charge is 0.227 e. The maximum absolute atomic E-state index is 12.9. The molecular weight excluding hydrogens is 392 g/mol. The van der Waals surface area contributed by atoms with Gasteiger partial charge in [-0.25, -0.2) is 9.97 Å². The van der Waals surface area contributed by atoms with E-state index in [-0.39, 0.29) is 11.3 Å². The van der Waals surface area contributed by atoms with Gasteiger partial charge in [0.1, 0.15) is 11.6 Å². The van der Waals surface area contributed by atoms with Gasteiger partial charge in [0.25, 0.3) is 0 Å². The third-order valence-electron chi connectivity index (χ3n) is 7.15. The number of aromatic amines is 1. The number of carbonyl (C=O) groups excluding carboxylic acids is 1. The summed E-state index contributed by atoms with van der Waals surface area (Å²) in [4.78, 5) is 30.4. The minimum Gasteiger partial charge on any atom is -0.360 e. The molecule has 3 aromatic rings. The summed E-state index contributed by atoms with van der Waals surface area (Å²) in [5.41, 5.74) is 2.35. The molecule has 1 amide bonds. The lowest BCUT2D eigenvalue weighted by atomic mass is 9.96. The van der Waals surface area contributed by atoms with Crippen molar-refractivity contribution in [2.45, 2.75) is 50.9 Å². The Labute approximate surface area is 181 Å². The maximum atomic E-state index is 12.9. The third-order valence-corrected chi connectivity index (χ3v) is 7.15. The van der Waals surface area contributed by atoms with Gasteiger partial charge < -0.3 is 19.3 Å². The van der Waals surface area contributed by atoms with E-state index in [2.05, 4.69) is 21.1 Å². The van der Waals surface area contributed by atoms with Crippen molar-refractivity contribution in [3.8, 4) is 0 Å². The molecule has 3 aliphatic rings. The number of rotatable bonds is 4. The SMILES string of the molecule is Cc1cc(C2(c3nc4nc(N5CCCC(C(=O)N6CCCC6)C5)ccc4[nH]3)CC2)on1. The summed E-state index contributed by atoms with van der Waals surface area (Å²) in [5, 5.41) is 4.06. The summed E-state index contributed by atoms with van der Waals surface area (Å²) in [6.07, 6.45) is 6.26. The van der Waals surface area contributed by atoms with E-state index in [4.69, 9.17) is 14.5 Å². The Morgan fingerprint density at radius 2 is 2.00 bits per heavy atom. The van der Waals surface area contributed by atoms with Crippen molar-refractivity contribution in [3.05, 3.63) is 35.5 Å². The van der Waals surface area contributed by atoms with Crippen LogP contribution in [0, 0.1) is 12.8 Å². The van der Waals surface area contributed by atoms with E-state index in [1.54, 1.807) is 0 Å². The van der Waals surface area contributed by atoms with Crippen molar-refractivity contribution in [2.24, 2.45) is 5.92 Å². The molecule has 1 N–H and O–H groups in total. The summed E-state index contributed by atoms with van der Waals surface area (Å²) >= 11 is 0. The molecule has 6 rings (SSSR count). The van der Waals surface area contributed by atoms with Gasteiger partial charge in [0.15, 0.2) is 11.4 Å². The predicted molar refractivity (Wildman–Crippen MR) is 116 cm³/mol. The number of aryl methyl sites for hydroxylation is 1. The second kappa shape index (κ2) is 7.07. The van der Waals surface area contributed by atoms with Gasteiger partial charge in [-0.3, -0.25) is 4.79 Å². The van der Waals surface area contributed by atoms with E-state index < -0.39 is 0 Å². The topological polar surface area (TPSA) is 91.2 Å². The Morgan fingerprint density at radius 3 is 2.74 bits per heavy atom. The molecule has 8 heteroatoms. The molecule has 0 radical (unpaired) electrons. The molecule has 3 fully saturated rings. The van der Waals surface area contributed by atoms with Gasteiger partial charge in [-0.05, 0) is 57.6 Å². The van der Waals surface area contributed by atoms with Gasteiger partial charge in [0, 0.05) is 32.2 Å². The molecule has 0 aromatic carbocycles. The average Bonchev–Trinajstić information content (AvgIpc) is 3.18. The van der Waals surface area contributed by atoms with Crippen LogP contribution in [-0.4, -0.2) is 57.1 Å². The number of pyridine rings is 1. The molecule has 1 unspecified atom stereocenters. The molecule has 8 nitrogen and oxygen atoms in total. The zero-order valence-corrected chi connectivity index (χ0v) is 17.9. The van der Waals surface area contributed by atoms with Crippen LogP contribution in [0.1, 0.15) is 55.8 Å². The molecule has 3 aromatic heterocycles. The van der Waals surface area contributed by atoms with E-state index >= 15 is 0 Å². The first kappa shape index (κ1) is 18.8. The van der Waals surface area contributed by atoms with E-state index in [9.17, 15) is 4.79 Å². The average molecular weight is 421 g/mol. The van der Waals surface area contributed by atoms with Crippen molar-refractivity contribution in [1.29, 1.82) is 0 Å². The minimum absolute atomic E-state index is 0.0727. The number of amides is 1. The highest BCUT2D eigenvalue weighted by atomic mass is 16.5. The fourth-order valence-corrected chi connectivity index (χ4v) is 5.18. The highest BCUT2D eigenvalue weighted by Crippen LogP contribution is 2.52. The molecule has 1 saturated carbocycles. The number of aromatic nitrogens is 4. The van der Waals surface area contributed by atoms with Crippen LogP contribution in [0.15, 0.2) is 22.7 Å². The van der Waals surface area contributed by atoms with E-state index in [0.29, 0.717) is 5.91 Å². The second-order valence-electron chi connectivity index (χ2n) is 9.36. The van der Waals surface area contributed by atoms with Gasteiger partial charge in [0.05, 0.1) is 22.5 Å². The molecule has 0 spiro atoms. The lowest BCUT2D eigenvalue weighted by Gasteiger charge is -2.34. The molecule has 2 saturated heterocycles. The van der Waals surface area contributed by atoms with Crippen molar-refractivity contribution >= 4 is 22.9 Å². The third kappa shape index (κ3) is 3.20. The number of hydrogen-bond acceptors (Lipinski definition) is 6. The summed E-state index contributed by atoms with van der Waals surface area (Å²) in [7, 11) is 0. The zero-order valence-electron chi connectivity index (χ0n) is 17.9. The van der Waals surface area contributed by atoms with E-state index in [1.807, 2.05) is 24.0 Å². The number of H-pyrrole nitrogens is 1. The van der Waals surface area contributed by atoms with Gasteiger partial charge in [-0.1, -0.05) is 5.16 Å². The second-order valence-corrected chi connectivity index (χ2v) is 9.36. The quantitative estimate of drug-likeness (QED) is 0.697. The number of imidazole rings is 1. The molecule has 1 aliphatic carbocycles. The summed E-state index contributed by atoms with van der Waals surface area (Å²) in [6, 6.07) is 6.11. The lowest BCUT2D eigenvalue weighted by molar-refractivity contribution is -0.134. The Morgan fingerprint density at radius 1 is 1.16 bits per heavy atom. The number of nitrogens with one attached hydrogen (secondary N) is 1. The highest BCUT2D eigenvalue weighted by molar-refractivity contribution is 5.80. The van der Waals surface area contributed by atoms with Crippen molar-refractivity contribution in [3.63, 3.8) is 0 Å². The Kier molecular flexibility index (Phi) is 4.30. The van der Waals surface area contributed by atoms with Crippen LogP contribution in [-0.2, 0) is 10.2 Å². The normalized spacial score (nSPS) is 22.9. The Bertz CT molecular complexity index is 1120. The van der Waals surface area contributed by atoms with Crippen LogP contribution in [0.2, 0.25) is 0 Å².